The molecular formula is C24H22F3N3O6S2. The molecule has 0 amide bonds. The van der Waals surface area contributed by atoms with Gasteiger partial charge in [-0.1, -0.05) is 36.4 Å². The minimum atomic E-state index is -4.93. The average Bonchev–Trinajstić information content (AvgIpc) is 2.85. The van der Waals surface area contributed by atoms with E-state index in [4.69, 9.17) is 0 Å². The van der Waals surface area contributed by atoms with Crippen molar-refractivity contribution in [2.75, 3.05) is 17.4 Å². The molecule has 9 nitrogen and oxygen atoms in total. The first kappa shape index (κ1) is 26.4. The van der Waals surface area contributed by atoms with Crippen LogP contribution >= 0.6 is 0 Å². The fraction of sp³-hybridized carbons (Fsp3) is 0.250. The number of alkyl halides is 3. The first-order valence-corrected chi connectivity index (χ1v) is 14.3. The highest BCUT2D eigenvalue weighted by atomic mass is 32.2. The first-order chi connectivity index (χ1) is 17.9. The van der Waals surface area contributed by atoms with E-state index >= 15 is 0 Å². The maximum absolute atomic E-state index is 13.7. The summed E-state index contributed by atoms with van der Waals surface area (Å²) in [5.41, 5.74) is 1.52. The number of sulfonamides is 2. The predicted octanol–water partition coefficient (Wildman–Crippen LogP) is 2.44. The number of piperidine rings is 1. The van der Waals surface area contributed by atoms with Crippen molar-refractivity contribution in [3.63, 3.8) is 0 Å². The van der Waals surface area contributed by atoms with Crippen molar-refractivity contribution in [3.8, 4) is 16.9 Å². The number of halogens is 3. The summed E-state index contributed by atoms with van der Waals surface area (Å²) in [7, 11) is -8.42. The van der Waals surface area contributed by atoms with Gasteiger partial charge in [0, 0.05) is 24.2 Å². The van der Waals surface area contributed by atoms with Crippen LogP contribution in [0, 0.1) is 0 Å². The Hall–Kier alpha value is -3.17. The molecule has 202 valence electrons. The Morgan fingerprint density at radius 3 is 2.26 bits per heavy atom. The monoisotopic (exact) mass is 569 g/mol. The van der Waals surface area contributed by atoms with Gasteiger partial charge in [0.2, 0.25) is 10.0 Å². The number of nitrogens with zero attached hydrogens (tertiary/aromatic N) is 1. The Morgan fingerprint density at radius 2 is 1.58 bits per heavy atom. The van der Waals surface area contributed by atoms with Crippen LogP contribution in [0.2, 0.25) is 0 Å². The Bertz CT molecular complexity index is 1560. The van der Waals surface area contributed by atoms with Gasteiger partial charge >= 0.3 is 6.36 Å². The smallest absolute Gasteiger partial charge is 0.406 e. The van der Waals surface area contributed by atoms with E-state index in [1.165, 1.54) is 6.07 Å². The summed E-state index contributed by atoms with van der Waals surface area (Å²) in [5, 5.41) is 14.2. The third-order valence-corrected chi connectivity index (χ3v) is 9.76. The molecule has 0 aliphatic carbocycles. The van der Waals surface area contributed by atoms with Crippen LogP contribution in [0.1, 0.15) is 0 Å². The molecule has 3 aromatic carbocycles. The largest absolute Gasteiger partial charge is 0.573 e. The second-order valence-corrected chi connectivity index (χ2v) is 12.3. The molecular weight excluding hydrogens is 547 g/mol. The SMILES string of the molecule is O=S(=O)(N[C@@H]1CNC[C@H](N2c3ccccc3-c3ccccc3S2(=O)=O)[C@H]1O)c1ccc(OC(F)(F)F)cc1. The van der Waals surface area contributed by atoms with Gasteiger partial charge in [-0.15, -0.1) is 13.2 Å². The molecule has 1 fully saturated rings. The van der Waals surface area contributed by atoms with Crippen LogP contribution in [0.25, 0.3) is 11.1 Å². The maximum Gasteiger partial charge on any atom is 0.573 e. The van der Waals surface area contributed by atoms with E-state index in [1.54, 1.807) is 42.5 Å². The van der Waals surface area contributed by atoms with E-state index in [-0.39, 0.29) is 22.9 Å². The molecule has 1 saturated heterocycles. The third kappa shape index (κ3) is 4.85. The van der Waals surface area contributed by atoms with Gasteiger partial charge in [0.15, 0.2) is 0 Å². The van der Waals surface area contributed by atoms with Crippen LogP contribution in [0.15, 0.2) is 82.6 Å². The minimum absolute atomic E-state index is 0.0156. The lowest BCUT2D eigenvalue weighted by atomic mass is 9.97. The predicted molar refractivity (Wildman–Crippen MR) is 131 cm³/mol. The number of aliphatic hydroxyl groups excluding tert-OH is 1. The molecule has 0 radical (unpaired) electrons. The van der Waals surface area contributed by atoms with Crippen molar-refractivity contribution in [2.45, 2.75) is 34.3 Å². The molecule has 2 aliphatic rings. The maximum atomic E-state index is 13.7. The molecule has 0 bridgehead atoms. The molecule has 3 atom stereocenters. The van der Waals surface area contributed by atoms with Crippen molar-refractivity contribution in [1.29, 1.82) is 0 Å². The van der Waals surface area contributed by atoms with Gasteiger partial charge in [-0.25, -0.2) is 21.6 Å². The number of aliphatic hydroxyl groups is 1. The molecule has 5 rings (SSSR count). The van der Waals surface area contributed by atoms with Crippen LogP contribution in [0.4, 0.5) is 18.9 Å². The highest BCUT2D eigenvalue weighted by Crippen LogP contribution is 2.44. The standard InChI is InChI=1S/C24H22F3N3O6S2/c25-24(26,27)36-15-9-11-16(12-10-15)37(32,33)29-19-13-28-14-21(23(19)31)30-20-7-3-1-5-17(20)18-6-2-4-8-22(18)38(30,34)35/h1-12,19,21,23,28-29,31H,13-14H2/t19-,21+,23+/m1/s1. The summed E-state index contributed by atoms with van der Waals surface area (Å²) in [4.78, 5) is -0.291. The number of ether oxygens (including phenoxy) is 1. The second kappa shape index (κ2) is 9.54. The summed E-state index contributed by atoms with van der Waals surface area (Å²) >= 11 is 0. The van der Waals surface area contributed by atoms with Crippen molar-refractivity contribution in [1.82, 2.24) is 10.0 Å². The van der Waals surface area contributed by atoms with Gasteiger partial charge in [-0.3, -0.25) is 4.31 Å². The van der Waals surface area contributed by atoms with Crippen molar-refractivity contribution in [2.24, 2.45) is 0 Å². The molecule has 0 aromatic heterocycles. The summed E-state index contributed by atoms with van der Waals surface area (Å²) in [6.45, 7) is 0.0247. The van der Waals surface area contributed by atoms with Crippen LogP contribution in [-0.2, 0) is 20.0 Å². The number of anilines is 1. The van der Waals surface area contributed by atoms with Gasteiger partial charge in [0.25, 0.3) is 10.0 Å². The molecule has 14 heteroatoms. The van der Waals surface area contributed by atoms with Crippen LogP contribution in [-0.4, -0.2) is 59.6 Å². The molecule has 0 saturated carbocycles. The van der Waals surface area contributed by atoms with E-state index < -0.39 is 50.3 Å². The van der Waals surface area contributed by atoms with Gasteiger partial charge in [0.05, 0.1) is 33.7 Å². The number of nitrogens with one attached hydrogen (secondary N) is 2. The van der Waals surface area contributed by atoms with Crippen LogP contribution < -0.4 is 19.1 Å². The number of hydrogen-bond donors (Lipinski definition) is 3. The summed E-state index contributed by atoms with van der Waals surface area (Å²) in [6, 6.07) is 14.7. The number of rotatable bonds is 5. The van der Waals surface area contributed by atoms with Gasteiger partial charge in [-0.05, 0) is 36.4 Å². The Morgan fingerprint density at radius 1 is 0.947 bits per heavy atom. The lowest BCUT2D eigenvalue weighted by Crippen LogP contribution is -2.66. The first-order valence-electron chi connectivity index (χ1n) is 11.4. The fourth-order valence-electron chi connectivity index (χ4n) is 4.72. The minimum Gasteiger partial charge on any atom is -0.406 e. The Kier molecular flexibility index (Phi) is 6.64. The molecule has 3 aromatic rings. The van der Waals surface area contributed by atoms with Crippen molar-refractivity contribution in [3.05, 3.63) is 72.8 Å². The number of fused-ring (bicyclic) bond motifs is 3. The highest BCUT2D eigenvalue weighted by molar-refractivity contribution is 7.93. The quantitative estimate of drug-likeness (QED) is 0.431. The van der Waals surface area contributed by atoms with Gasteiger partial charge in [-0.2, -0.15) is 0 Å². The van der Waals surface area contributed by atoms with Gasteiger partial charge in [0.1, 0.15) is 5.75 Å². The van der Waals surface area contributed by atoms with Gasteiger partial charge < -0.3 is 15.2 Å². The summed E-state index contributed by atoms with van der Waals surface area (Å²) in [5.74, 6) is -0.592. The van der Waals surface area contributed by atoms with Crippen LogP contribution in [0.3, 0.4) is 0 Å². The van der Waals surface area contributed by atoms with E-state index in [1.807, 2.05) is 0 Å². The van der Waals surface area contributed by atoms with Crippen molar-refractivity contribution >= 4 is 25.7 Å². The molecule has 2 heterocycles. The van der Waals surface area contributed by atoms with E-state index in [9.17, 15) is 35.1 Å². The average molecular weight is 570 g/mol. The Labute approximate surface area is 217 Å². The second-order valence-electron chi connectivity index (χ2n) is 8.78. The van der Waals surface area contributed by atoms with Crippen molar-refractivity contribution < 1.29 is 39.9 Å². The van der Waals surface area contributed by atoms with E-state index in [0.717, 1.165) is 28.6 Å². The topological polar surface area (TPSA) is 125 Å². The van der Waals surface area contributed by atoms with E-state index in [2.05, 4.69) is 14.8 Å². The summed E-state index contributed by atoms with van der Waals surface area (Å²) < 4.78 is 97.8. The fourth-order valence-corrected chi connectivity index (χ4v) is 7.86. The zero-order valence-electron chi connectivity index (χ0n) is 19.5. The van der Waals surface area contributed by atoms with E-state index in [0.29, 0.717) is 16.8 Å². The summed E-state index contributed by atoms with van der Waals surface area (Å²) in [6.07, 6.45) is -6.40. The number of hydrogen-bond acceptors (Lipinski definition) is 7. The molecule has 0 unspecified atom stereocenters. The number of benzene rings is 3. The molecule has 0 spiro atoms. The molecule has 2 aliphatic heterocycles. The highest BCUT2D eigenvalue weighted by Gasteiger charge is 2.45. The zero-order valence-corrected chi connectivity index (χ0v) is 21.1. The molecule has 38 heavy (non-hydrogen) atoms. The lowest BCUT2D eigenvalue weighted by molar-refractivity contribution is -0.274. The zero-order chi connectivity index (χ0) is 27.3. The normalized spacial score (nSPS) is 22.8. The lowest BCUT2D eigenvalue weighted by Gasteiger charge is -2.44. The molecule has 3 N–H and O–H groups in total. The van der Waals surface area contributed by atoms with Crippen LogP contribution in [0.5, 0.6) is 5.75 Å². The number of para-hydroxylation sites is 1. The third-order valence-electron chi connectivity index (χ3n) is 6.36. The Balaban J connectivity index is 1.43.